The second-order valence-electron chi connectivity index (χ2n) is 6.24. The molecule has 6 nitrogen and oxygen atoms in total. The molecule has 1 amide bonds. The van der Waals surface area contributed by atoms with Crippen LogP contribution in [0.3, 0.4) is 0 Å². The number of aryl methyl sites for hydroxylation is 1. The van der Waals surface area contributed by atoms with E-state index < -0.39 is 0 Å². The van der Waals surface area contributed by atoms with Crippen molar-refractivity contribution in [3.05, 3.63) is 76.6 Å². The number of carbonyl (C=O) groups excluding carboxylic acids is 1. The lowest BCUT2D eigenvalue weighted by Gasteiger charge is -2.16. The molecule has 130 valence electrons. The molecule has 3 aromatic rings. The molecular formula is C20H19N5O. The summed E-state index contributed by atoms with van der Waals surface area (Å²) in [5.41, 5.74) is 4.50. The zero-order chi connectivity index (χ0) is 18.7. The molecule has 26 heavy (non-hydrogen) atoms. The van der Waals surface area contributed by atoms with Crippen molar-refractivity contribution in [1.82, 2.24) is 19.9 Å². The van der Waals surface area contributed by atoms with Crippen molar-refractivity contribution in [3.8, 4) is 11.8 Å². The van der Waals surface area contributed by atoms with Crippen LogP contribution >= 0.6 is 0 Å². The third kappa shape index (κ3) is 3.47. The summed E-state index contributed by atoms with van der Waals surface area (Å²) < 4.78 is 1.66. The highest BCUT2D eigenvalue weighted by Crippen LogP contribution is 2.15. The Hall–Kier alpha value is -3.46. The van der Waals surface area contributed by atoms with Crippen LogP contribution in [0.15, 0.2) is 48.5 Å². The predicted molar refractivity (Wildman–Crippen MR) is 97.8 cm³/mol. The van der Waals surface area contributed by atoms with Crippen molar-refractivity contribution in [2.24, 2.45) is 0 Å². The highest BCUT2D eigenvalue weighted by atomic mass is 16.2. The molecule has 0 aliphatic heterocycles. The quantitative estimate of drug-likeness (QED) is 0.728. The lowest BCUT2D eigenvalue weighted by molar-refractivity contribution is 0.0778. The maximum absolute atomic E-state index is 12.8. The Bertz CT molecular complexity index is 982. The fourth-order valence-electron chi connectivity index (χ4n) is 2.72. The van der Waals surface area contributed by atoms with Gasteiger partial charge in [0.25, 0.3) is 5.91 Å². The first-order chi connectivity index (χ1) is 12.5. The number of amides is 1. The molecule has 0 bridgehead atoms. The second kappa shape index (κ2) is 7.19. The minimum atomic E-state index is -0.205. The van der Waals surface area contributed by atoms with E-state index in [0.717, 1.165) is 16.8 Å². The van der Waals surface area contributed by atoms with Gasteiger partial charge in [0.15, 0.2) is 5.69 Å². The van der Waals surface area contributed by atoms with E-state index in [1.54, 1.807) is 28.8 Å². The summed E-state index contributed by atoms with van der Waals surface area (Å²) in [6.07, 6.45) is 0. The smallest absolute Gasteiger partial charge is 0.276 e. The van der Waals surface area contributed by atoms with E-state index in [0.29, 0.717) is 23.5 Å². The number of hydrogen-bond donors (Lipinski definition) is 0. The van der Waals surface area contributed by atoms with Gasteiger partial charge in [-0.05, 0) is 43.7 Å². The summed E-state index contributed by atoms with van der Waals surface area (Å²) in [7, 11) is 1.71. The molecule has 0 radical (unpaired) electrons. The molecule has 3 rings (SSSR count). The Balaban J connectivity index is 1.81. The van der Waals surface area contributed by atoms with Gasteiger partial charge >= 0.3 is 0 Å². The number of rotatable bonds is 4. The van der Waals surface area contributed by atoms with Crippen LogP contribution in [0.25, 0.3) is 5.69 Å². The van der Waals surface area contributed by atoms with E-state index in [1.807, 2.05) is 50.2 Å². The van der Waals surface area contributed by atoms with Crippen LogP contribution in [-0.2, 0) is 6.54 Å². The normalized spacial score (nSPS) is 10.4. The molecule has 0 N–H and O–H groups in total. The Morgan fingerprint density at radius 3 is 2.62 bits per heavy atom. The zero-order valence-corrected chi connectivity index (χ0v) is 15.0. The molecule has 0 unspecified atom stereocenters. The first-order valence-electron chi connectivity index (χ1n) is 8.23. The number of nitriles is 1. The summed E-state index contributed by atoms with van der Waals surface area (Å²) in [4.78, 5) is 14.3. The minimum Gasteiger partial charge on any atom is -0.336 e. The number of hydrogen-bond acceptors (Lipinski definition) is 4. The maximum Gasteiger partial charge on any atom is 0.276 e. The summed E-state index contributed by atoms with van der Waals surface area (Å²) in [5.74, 6) is -0.205. The van der Waals surface area contributed by atoms with Gasteiger partial charge in [0, 0.05) is 13.6 Å². The van der Waals surface area contributed by atoms with Crippen LogP contribution in [-0.4, -0.2) is 32.8 Å². The van der Waals surface area contributed by atoms with Crippen molar-refractivity contribution in [1.29, 1.82) is 5.26 Å². The number of nitrogens with zero attached hydrogens (tertiary/aromatic N) is 5. The van der Waals surface area contributed by atoms with Crippen LogP contribution in [0, 0.1) is 25.2 Å². The molecule has 6 heteroatoms. The molecule has 0 fully saturated rings. The van der Waals surface area contributed by atoms with Crippen LogP contribution in [0.2, 0.25) is 0 Å². The van der Waals surface area contributed by atoms with Gasteiger partial charge in [-0.15, -0.1) is 5.10 Å². The lowest BCUT2D eigenvalue weighted by Crippen LogP contribution is -2.27. The second-order valence-corrected chi connectivity index (χ2v) is 6.24. The molecule has 0 saturated heterocycles. The highest BCUT2D eigenvalue weighted by Gasteiger charge is 2.21. The summed E-state index contributed by atoms with van der Waals surface area (Å²) in [5, 5.41) is 17.2. The van der Waals surface area contributed by atoms with E-state index in [4.69, 9.17) is 5.26 Å². The summed E-state index contributed by atoms with van der Waals surface area (Å²) in [6, 6.07) is 17.2. The van der Waals surface area contributed by atoms with E-state index in [9.17, 15) is 4.79 Å². The first-order valence-corrected chi connectivity index (χ1v) is 8.23. The van der Waals surface area contributed by atoms with Gasteiger partial charge in [0.1, 0.15) is 0 Å². The van der Waals surface area contributed by atoms with Gasteiger partial charge in [-0.1, -0.05) is 35.0 Å². The van der Waals surface area contributed by atoms with Gasteiger partial charge in [-0.2, -0.15) is 5.26 Å². The number of carbonyl (C=O) groups is 1. The van der Waals surface area contributed by atoms with Gasteiger partial charge < -0.3 is 4.90 Å². The Labute approximate surface area is 152 Å². The van der Waals surface area contributed by atoms with E-state index in [-0.39, 0.29) is 5.91 Å². The van der Waals surface area contributed by atoms with Gasteiger partial charge in [-0.25, -0.2) is 4.68 Å². The molecule has 0 atom stereocenters. The first kappa shape index (κ1) is 17.4. The molecule has 0 spiro atoms. The van der Waals surface area contributed by atoms with Gasteiger partial charge in [-0.3, -0.25) is 4.79 Å². The molecule has 1 heterocycles. The molecule has 0 aliphatic rings. The lowest BCUT2D eigenvalue weighted by atomic mass is 10.1. The topological polar surface area (TPSA) is 74.8 Å². The van der Waals surface area contributed by atoms with Crippen LogP contribution < -0.4 is 0 Å². The van der Waals surface area contributed by atoms with Crippen LogP contribution in [0.1, 0.15) is 32.9 Å². The molecule has 2 aromatic carbocycles. The maximum atomic E-state index is 12.8. The van der Waals surface area contributed by atoms with E-state index in [2.05, 4.69) is 16.4 Å². The fraction of sp³-hybridized carbons (Fsp3) is 0.200. The number of aromatic nitrogens is 3. The molecule has 0 saturated carbocycles. The van der Waals surface area contributed by atoms with Gasteiger partial charge in [0.2, 0.25) is 0 Å². The van der Waals surface area contributed by atoms with Crippen molar-refractivity contribution in [2.45, 2.75) is 20.4 Å². The average Bonchev–Trinajstić information content (AvgIpc) is 3.03. The Kier molecular flexibility index (Phi) is 4.81. The average molecular weight is 345 g/mol. The van der Waals surface area contributed by atoms with Crippen LogP contribution in [0.4, 0.5) is 0 Å². The predicted octanol–water partition coefficient (Wildman–Crippen LogP) is 3.03. The van der Waals surface area contributed by atoms with Crippen molar-refractivity contribution in [2.75, 3.05) is 7.05 Å². The highest BCUT2D eigenvalue weighted by molar-refractivity contribution is 5.93. The fourth-order valence-corrected chi connectivity index (χ4v) is 2.72. The van der Waals surface area contributed by atoms with Crippen molar-refractivity contribution >= 4 is 5.91 Å². The van der Waals surface area contributed by atoms with Crippen molar-refractivity contribution < 1.29 is 4.79 Å². The third-order valence-electron chi connectivity index (χ3n) is 4.20. The summed E-state index contributed by atoms with van der Waals surface area (Å²) >= 11 is 0. The standard InChI is InChI=1S/C20H19N5O/c1-14-7-9-18(10-8-14)25-15(2)19(22-23-25)20(26)24(3)13-17-6-4-5-16(11-17)12-21/h4-11H,13H2,1-3H3. The largest absolute Gasteiger partial charge is 0.336 e. The van der Waals surface area contributed by atoms with Crippen LogP contribution in [0.5, 0.6) is 0 Å². The summed E-state index contributed by atoms with van der Waals surface area (Å²) in [6.45, 7) is 4.24. The Morgan fingerprint density at radius 2 is 1.92 bits per heavy atom. The van der Waals surface area contributed by atoms with E-state index >= 15 is 0 Å². The molecule has 1 aromatic heterocycles. The zero-order valence-electron chi connectivity index (χ0n) is 15.0. The SMILES string of the molecule is Cc1ccc(-n2nnc(C(=O)N(C)Cc3cccc(C#N)c3)c2C)cc1. The molecular weight excluding hydrogens is 326 g/mol. The molecule has 0 aliphatic carbocycles. The Morgan fingerprint density at radius 1 is 1.19 bits per heavy atom. The minimum absolute atomic E-state index is 0.205. The van der Waals surface area contributed by atoms with Gasteiger partial charge in [0.05, 0.1) is 23.0 Å². The van der Waals surface area contributed by atoms with E-state index in [1.165, 1.54) is 0 Å². The van der Waals surface area contributed by atoms with Crippen molar-refractivity contribution in [3.63, 3.8) is 0 Å². The monoisotopic (exact) mass is 345 g/mol. The third-order valence-corrected chi connectivity index (χ3v) is 4.20. The number of benzene rings is 2.